The van der Waals surface area contributed by atoms with Gasteiger partial charge in [0.2, 0.25) is 0 Å². The molecule has 2 heteroatoms. The molecule has 2 nitrogen and oxygen atoms in total. The van der Waals surface area contributed by atoms with Crippen molar-refractivity contribution in [1.29, 1.82) is 0 Å². The number of hydrogen-bond donors (Lipinski definition) is 2. The Hall–Kier alpha value is -0.860. The van der Waals surface area contributed by atoms with E-state index in [9.17, 15) is 0 Å². The standard InChI is InChI=1S/C12H20N2/c1-10(14-12(2,3)9-13)11-7-5-4-6-8-11/h4-8,10,14H,9,13H2,1-3H3/t10-/m0/s1. The summed E-state index contributed by atoms with van der Waals surface area (Å²) in [6.07, 6.45) is 0. The largest absolute Gasteiger partial charge is 0.329 e. The number of hydrogen-bond acceptors (Lipinski definition) is 2. The molecule has 1 rings (SSSR count). The van der Waals surface area contributed by atoms with Gasteiger partial charge < -0.3 is 11.1 Å². The van der Waals surface area contributed by atoms with Crippen LogP contribution < -0.4 is 11.1 Å². The Kier molecular flexibility index (Phi) is 3.67. The van der Waals surface area contributed by atoms with Crippen molar-refractivity contribution in [1.82, 2.24) is 5.32 Å². The van der Waals surface area contributed by atoms with Gasteiger partial charge in [-0.05, 0) is 26.3 Å². The molecule has 78 valence electrons. The molecule has 0 saturated heterocycles. The Morgan fingerprint density at radius 2 is 1.86 bits per heavy atom. The lowest BCUT2D eigenvalue weighted by Gasteiger charge is -2.29. The van der Waals surface area contributed by atoms with Gasteiger partial charge in [-0.25, -0.2) is 0 Å². The zero-order valence-electron chi connectivity index (χ0n) is 9.25. The molecule has 1 aromatic carbocycles. The second-order valence-electron chi connectivity index (χ2n) is 4.36. The molecule has 0 heterocycles. The molecule has 0 bridgehead atoms. The van der Waals surface area contributed by atoms with Crippen molar-refractivity contribution >= 4 is 0 Å². The normalized spacial score (nSPS) is 14.0. The highest BCUT2D eigenvalue weighted by molar-refractivity contribution is 5.18. The molecule has 14 heavy (non-hydrogen) atoms. The second-order valence-corrected chi connectivity index (χ2v) is 4.36. The van der Waals surface area contributed by atoms with Crippen LogP contribution in [0.1, 0.15) is 32.4 Å². The summed E-state index contributed by atoms with van der Waals surface area (Å²) in [5, 5.41) is 3.50. The number of nitrogens with one attached hydrogen (secondary N) is 1. The van der Waals surface area contributed by atoms with E-state index in [-0.39, 0.29) is 5.54 Å². The van der Waals surface area contributed by atoms with Crippen molar-refractivity contribution in [2.75, 3.05) is 6.54 Å². The second kappa shape index (κ2) is 4.58. The summed E-state index contributed by atoms with van der Waals surface area (Å²) in [5.41, 5.74) is 6.97. The van der Waals surface area contributed by atoms with E-state index in [4.69, 9.17) is 5.73 Å². The highest BCUT2D eigenvalue weighted by atomic mass is 15.0. The lowest BCUT2D eigenvalue weighted by molar-refractivity contribution is 0.356. The van der Waals surface area contributed by atoms with Crippen LogP contribution in [0.5, 0.6) is 0 Å². The minimum atomic E-state index is -0.00470. The third-order valence-corrected chi connectivity index (χ3v) is 2.42. The zero-order chi connectivity index (χ0) is 10.6. The molecule has 0 unspecified atom stereocenters. The maximum Gasteiger partial charge on any atom is 0.0297 e. The average Bonchev–Trinajstić information content (AvgIpc) is 2.19. The molecule has 0 spiro atoms. The molecule has 3 N–H and O–H groups in total. The fourth-order valence-corrected chi connectivity index (χ4v) is 1.47. The molecule has 0 aliphatic heterocycles. The van der Waals surface area contributed by atoms with Crippen LogP contribution in [-0.2, 0) is 0 Å². The average molecular weight is 192 g/mol. The zero-order valence-corrected chi connectivity index (χ0v) is 9.25. The van der Waals surface area contributed by atoms with Gasteiger partial charge in [0, 0.05) is 18.1 Å². The van der Waals surface area contributed by atoms with Gasteiger partial charge in [0.25, 0.3) is 0 Å². The molecule has 0 fully saturated rings. The van der Waals surface area contributed by atoms with Gasteiger partial charge in [-0.3, -0.25) is 0 Å². The lowest BCUT2D eigenvalue weighted by atomic mass is 10.0. The maximum atomic E-state index is 5.67. The molecule has 1 atom stereocenters. The predicted octanol–water partition coefficient (Wildman–Crippen LogP) is 2.07. The summed E-state index contributed by atoms with van der Waals surface area (Å²) in [6, 6.07) is 10.7. The quantitative estimate of drug-likeness (QED) is 0.766. The first-order chi connectivity index (χ1) is 6.55. The van der Waals surface area contributed by atoms with E-state index in [1.54, 1.807) is 0 Å². The van der Waals surface area contributed by atoms with Gasteiger partial charge in [0.15, 0.2) is 0 Å². The fraction of sp³-hybridized carbons (Fsp3) is 0.500. The Labute approximate surface area is 86.5 Å². The smallest absolute Gasteiger partial charge is 0.0297 e. The monoisotopic (exact) mass is 192 g/mol. The van der Waals surface area contributed by atoms with Gasteiger partial charge in [-0.15, -0.1) is 0 Å². The van der Waals surface area contributed by atoms with Crippen molar-refractivity contribution in [3.05, 3.63) is 35.9 Å². The van der Waals surface area contributed by atoms with Crippen LogP contribution in [0.25, 0.3) is 0 Å². The van der Waals surface area contributed by atoms with Gasteiger partial charge >= 0.3 is 0 Å². The van der Waals surface area contributed by atoms with E-state index in [0.29, 0.717) is 12.6 Å². The molecule has 1 aromatic rings. The third kappa shape index (κ3) is 3.13. The predicted molar refractivity (Wildman–Crippen MR) is 61.1 cm³/mol. The van der Waals surface area contributed by atoms with Crippen LogP contribution >= 0.6 is 0 Å². The number of nitrogens with two attached hydrogens (primary N) is 1. The topological polar surface area (TPSA) is 38.0 Å². The van der Waals surface area contributed by atoms with E-state index < -0.39 is 0 Å². The molecule has 0 aliphatic rings. The summed E-state index contributed by atoms with van der Waals surface area (Å²) < 4.78 is 0. The summed E-state index contributed by atoms with van der Waals surface area (Å²) in [7, 11) is 0. The number of rotatable bonds is 4. The van der Waals surface area contributed by atoms with Crippen LogP contribution in [0, 0.1) is 0 Å². The minimum absolute atomic E-state index is 0.00470. The van der Waals surface area contributed by atoms with Crippen molar-refractivity contribution < 1.29 is 0 Å². The van der Waals surface area contributed by atoms with Crippen molar-refractivity contribution in [2.24, 2.45) is 5.73 Å². The summed E-state index contributed by atoms with van der Waals surface area (Å²) in [6.45, 7) is 7.04. The van der Waals surface area contributed by atoms with Crippen LogP contribution in [0.2, 0.25) is 0 Å². The highest BCUT2D eigenvalue weighted by Gasteiger charge is 2.18. The summed E-state index contributed by atoms with van der Waals surface area (Å²) in [4.78, 5) is 0. The van der Waals surface area contributed by atoms with Crippen LogP contribution in [0.4, 0.5) is 0 Å². The van der Waals surface area contributed by atoms with Crippen molar-refractivity contribution in [3.8, 4) is 0 Å². The van der Waals surface area contributed by atoms with Gasteiger partial charge in [-0.2, -0.15) is 0 Å². The highest BCUT2D eigenvalue weighted by Crippen LogP contribution is 2.15. The van der Waals surface area contributed by atoms with Gasteiger partial charge in [-0.1, -0.05) is 30.3 Å². The van der Waals surface area contributed by atoms with E-state index in [2.05, 4.69) is 50.4 Å². The molecule has 0 amide bonds. The summed E-state index contributed by atoms with van der Waals surface area (Å²) in [5.74, 6) is 0. The maximum absolute atomic E-state index is 5.67. The van der Waals surface area contributed by atoms with E-state index in [1.165, 1.54) is 5.56 Å². The molecule has 0 aromatic heterocycles. The van der Waals surface area contributed by atoms with E-state index in [0.717, 1.165) is 0 Å². The molecular formula is C12H20N2. The molecule has 0 aliphatic carbocycles. The Morgan fingerprint density at radius 1 is 1.29 bits per heavy atom. The Bertz CT molecular complexity index is 267. The van der Waals surface area contributed by atoms with E-state index in [1.807, 2.05) is 6.07 Å². The van der Waals surface area contributed by atoms with Crippen LogP contribution in [0.15, 0.2) is 30.3 Å². The molecule has 0 saturated carbocycles. The van der Waals surface area contributed by atoms with Crippen LogP contribution in [0.3, 0.4) is 0 Å². The first-order valence-electron chi connectivity index (χ1n) is 5.08. The fourth-order valence-electron chi connectivity index (χ4n) is 1.47. The van der Waals surface area contributed by atoms with Gasteiger partial charge in [0.05, 0.1) is 0 Å². The lowest BCUT2D eigenvalue weighted by Crippen LogP contribution is -2.46. The minimum Gasteiger partial charge on any atom is -0.329 e. The third-order valence-electron chi connectivity index (χ3n) is 2.42. The Morgan fingerprint density at radius 3 is 2.36 bits per heavy atom. The SMILES string of the molecule is C[C@H](NC(C)(C)CN)c1ccccc1. The summed E-state index contributed by atoms with van der Waals surface area (Å²) >= 11 is 0. The van der Waals surface area contributed by atoms with Crippen LogP contribution in [-0.4, -0.2) is 12.1 Å². The molecular weight excluding hydrogens is 172 g/mol. The van der Waals surface area contributed by atoms with Crippen molar-refractivity contribution in [2.45, 2.75) is 32.4 Å². The van der Waals surface area contributed by atoms with Crippen molar-refractivity contribution in [3.63, 3.8) is 0 Å². The first kappa shape index (κ1) is 11.2. The van der Waals surface area contributed by atoms with Gasteiger partial charge in [0.1, 0.15) is 0 Å². The number of benzene rings is 1. The Balaban J connectivity index is 2.64. The molecule has 0 radical (unpaired) electrons. The van der Waals surface area contributed by atoms with E-state index >= 15 is 0 Å². The first-order valence-corrected chi connectivity index (χ1v) is 5.08.